The highest BCUT2D eigenvalue weighted by molar-refractivity contribution is 7.89. The number of benzene rings is 2. The normalized spacial score (nSPS) is 14.2. The lowest BCUT2D eigenvalue weighted by atomic mass is 9.95. The monoisotopic (exact) mass is 550 g/mol. The SMILES string of the molecule is COc1ccc(S(=O)(=O)N(CC(=O)N(C)Cc2cc(OC)c(OC)c(OC)c2)C2CCCCC2)cc1OC. The largest absolute Gasteiger partial charge is 0.493 e. The number of amides is 1. The van der Waals surface area contributed by atoms with E-state index in [4.69, 9.17) is 23.7 Å². The molecule has 0 aliphatic heterocycles. The highest BCUT2D eigenvalue weighted by Crippen LogP contribution is 2.38. The number of hydrogen-bond donors (Lipinski definition) is 0. The second kappa shape index (κ2) is 13.1. The van der Waals surface area contributed by atoms with E-state index in [1.165, 1.54) is 56.9 Å². The second-order valence-corrected chi connectivity index (χ2v) is 11.0. The van der Waals surface area contributed by atoms with E-state index < -0.39 is 10.0 Å². The molecule has 10 nitrogen and oxygen atoms in total. The van der Waals surface area contributed by atoms with E-state index in [0.29, 0.717) is 41.6 Å². The van der Waals surface area contributed by atoms with Crippen molar-refractivity contribution in [3.05, 3.63) is 35.9 Å². The Bertz CT molecular complexity index is 1190. The van der Waals surface area contributed by atoms with E-state index >= 15 is 0 Å². The van der Waals surface area contributed by atoms with Gasteiger partial charge in [0.15, 0.2) is 23.0 Å². The molecule has 1 aliphatic rings. The highest BCUT2D eigenvalue weighted by atomic mass is 32.2. The van der Waals surface area contributed by atoms with Crippen LogP contribution in [0.1, 0.15) is 37.7 Å². The molecule has 0 radical (unpaired) electrons. The topological polar surface area (TPSA) is 104 Å². The number of hydrogen-bond acceptors (Lipinski definition) is 8. The maximum absolute atomic E-state index is 13.9. The molecule has 0 spiro atoms. The Morgan fingerprint density at radius 2 is 1.39 bits per heavy atom. The van der Waals surface area contributed by atoms with Gasteiger partial charge in [-0.25, -0.2) is 8.42 Å². The third kappa shape index (κ3) is 6.44. The fraction of sp³-hybridized carbons (Fsp3) is 0.519. The molecule has 2 aromatic rings. The fourth-order valence-corrected chi connectivity index (χ4v) is 6.38. The van der Waals surface area contributed by atoms with Gasteiger partial charge < -0.3 is 28.6 Å². The predicted molar refractivity (Wildman–Crippen MR) is 143 cm³/mol. The van der Waals surface area contributed by atoms with E-state index in [0.717, 1.165) is 24.8 Å². The van der Waals surface area contributed by atoms with Crippen LogP contribution in [0.4, 0.5) is 0 Å². The first-order valence-corrected chi connectivity index (χ1v) is 13.9. The predicted octanol–water partition coefficient (Wildman–Crippen LogP) is 3.71. The summed E-state index contributed by atoms with van der Waals surface area (Å²) >= 11 is 0. The molecule has 38 heavy (non-hydrogen) atoms. The zero-order valence-electron chi connectivity index (χ0n) is 23.0. The third-order valence-electron chi connectivity index (χ3n) is 6.80. The molecule has 0 N–H and O–H groups in total. The third-order valence-corrected chi connectivity index (χ3v) is 8.70. The molecule has 0 atom stereocenters. The van der Waals surface area contributed by atoms with E-state index in [9.17, 15) is 13.2 Å². The summed E-state index contributed by atoms with van der Waals surface area (Å²) in [4.78, 5) is 15.0. The molecule has 1 amide bonds. The summed E-state index contributed by atoms with van der Waals surface area (Å²) in [5, 5.41) is 0. The van der Waals surface area contributed by atoms with Crippen molar-refractivity contribution in [2.24, 2.45) is 0 Å². The number of methoxy groups -OCH3 is 5. The Morgan fingerprint density at radius 3 is 1.92 bits per heavy atom. The van der Waals surface area contributed by atoms with Gasteiger partial charge in [0.25, 0.3) is 0 Å². The molecule has 0 saturated heterocycles. The molecular formula is C27H38N2O8S. The molecular weight excluding hydrogens is 512 g/mol. The van der Waals surface area contributed by atoms with Crippen molar-refractivity contribution in [1.82, 2.24) is 9.21 Å². The maximum atomic E-state index is 13.9. The van der Waals surface area contributed by atoms with Crippen molar-refractivity contribution in [3.63, 3.8) is 0 Å². The quantitative estimate of drug-likeness (QED) is 0.394. The molecule has 0 bridgehead atoms. The minimum atomic E-state index is -4.00. The molecule has 0 heterocycles. The van der Waals surface area contributed by atoms with E-state index in [-0.39, 0.29) is 29.9 Å². The lowest BCUT2D eigenvalue weighted by molar-refractivity contribution is -0.131. The Kier molecular flexibility index (Phi) is 10.1. The number of ether oxygens (including phenoxy) is 5. The van der Waals surface area contributed by atoms with Crippen molar-refractivity contribution in [1.29, 1.82) is 0 Å². The molecule has 0 aromatic heterocycles. The molecule has 2 aromatic carbocycles. The minimum Gasteiger partial charge on any atom is -0.493 e. The summed E-state index contributed by atoms with van der Waals surface area (Å²) in [5.41, 5.74) is 0.752. The summed E-state index contributed by atoms with van der Waals surface area (Å²) in [6.07, 6.45) is 4.29. The van der Waals surface area contributed by atoms with E-state index in [1.54, 1.807) is 25.2 Å². The lowest BCUT2D eigenvalue weighted by Crippen LogP contribution is -2.47. The fourth-order valence-electron chi connectivity index (χ4n) is 4.73. The Balaban J connectivity index is 1.88. The van der Waals surface area contributed by atoms with Crippen LogP contribution < -0.4 is 23.7 Å². The van der Waals surface area contributed by atoms with Gasteiger partial charge >= 0.3 is 0 Å². The second-order valence-electron chi connectivity index (χ2n) is 9.14. The lowest BCUT2D eigenvalue weighted by Gasteiger charge is -2.34. The van der Waals surface area contributed by atoms with E-state index in [1.807, 2.05) is 0 Å². The first-order valence-electron chi connectivity index (χ1n) is 12.5. The molecule has 3 rings (SSSR count). The van der Waals surface area contributed by atoms with Crippen LogP contribution in [0, 0.1) is 0 Å². The standard InChI is InChI=1S/C27H38N2O8S/c1-28(17-19-14-24(35-4)27(37-6)25(15-19)36-5)26(30)18-29(20-10-8-7-9-11-20)38(31,32)21-12-13-22(33-2)23(16-21)34-3/h12-16,20H,7-11,17-18H2,1-6H3. The zero-order valence-corrected chi connectivity index (χ0v) is 23.8. The van der Waals surface area contributed by atoms with Crippen molar-refractivity contribution >= 4 is 15.9 Å². The zero-order chi connectivity index (χ0) is 27.9. The number of sulfonamides is 1. The van der Waals surface area contributed by atoms with E-state index in [2.05, 4.69) is 0 Å². The molecule has 11 heteroatoms. The van der Waals surface area contributed by atoms with Crippen LogP contribution in [0.15, 0.2) is 35.2 Å². The van der Waals surface area contributed by atoms with Crippen LogP contribution >= 0.6 is 0 Å². The number of likely N-dealkylation sites (N-methyl/N-ethyl adjacent to an activating group) is 1. The van der Waals surface area contributed by atoms with Gasteiger partial charge in [-0.1, -0.05) is 19.3 Å². The Labute approximate surface area is 225 Å². The highest BCUT2D eigenvalue weighted by Gasteiger charge is 2.35. The van der Waals surface area contributed by atoms with Gasteiger partial charge in [-0.15, -0.1) is 0 Å². The van der Waals surface area contributed by atoms with Crippen LogP contribution in [-0.2, 0) is 21.4 Å². The summed E-state index contributed by atoms with van der Waals surface area (Å²) < 4.78 is 55.9. The average molecular weight is 551 g/mol. The first-order chi connectivity index (χ1) is 18.2. The molecule has 210 valence electrons. The van der Waals surface area contributed by atoms with Crippen molar-refractivity contribution < 1.29 is 36.9 Å². The first kappa shape index (κ1) is 29.4. The van der Waals surface area contributed by atoms with Gasteiger partial charge in [-0.3, -0.25) is 4.79 Å². The number of rotatable bonds is 12. The van der Waals surface area contributed by atoms with Crippen LogP contribution in [0.5, 0.6) is 28.7 Å². The summed E-state index contributed by atoms with van der Waals surface area (Å²) in [6, 6.07) is 7.75. The Morgan fingerprint density at radius 1 is 0.816 bits per heavy atom. The number of carbonyl (C=O) groups is 1. The summed E-state index contributed by atoms with van der Waals surface area (Å²) in [6.45, 7) is -0.0489. The van der Waals surface area contributed by atoms with Crippen LogP contribution in [0.3, 0.4) is 0 Å². The Hall–Kier alpha value is -3.18. The van der Waals surface area contributed by atoms with Crippen LogP contribution in [0.25, 0.3) is 0 Å². The summed E-state index contributed by atoms with van der Waals surface area (Å²) in [5.74, 6) is 1.82. The van der Waals surface area contributed by atoms with Gasteiger partial charge in [0.2, 0.25) is 21.7 Å². The van der Waals surface area contributed by atoms with Crippen LogP contribution in [0.2, 0.25) is 0 Å². The number of nitrogens with zero attached hydrogens (tertiary/aromatic N) is 2. The average Bonchev–Trinajstić information content (AvgIpc) is 2.94. The number of carbonyl (C=O) groups excluding carboxylic acids is 1. The molecule has 0 unspecified atom stereocenters. The van der Waals surface area contributed by atoms with Crippen molar-refractivity contribution in [2.45, 2.75) is 49.6 Å². The maximum Gasteiger partial charge on any atom is 0.243 e. The van der Waals surface area contributed by atoms with Gasteiger partial charge in [-0.05, 0) is 42.7 Å². The van der Waals surface area contributed by atoms with Gasteiger partial charge in [0.05, 0.1) is 47.0 Å². The summed E-state index contributed by atoms with van der Waals surface area (Å²) in [7, 11) is 5.16. The molecule has 1 saturated carbocycles. The van der Waals surface area contributed by atoms with Gasteiger partial charge in [0.1, 0.15) is 0 Å². The van der Waals surface area contributed by atoms with Crippen LogP contribution in [-0.4, -0.2) is 78.7 Å². The smallest absolute Gasteiger partial charge is 0.243 e. The molecule has 1 aliphatic carbocycles. The van der Waals surface area contributed by atoms with Crippen molar-refractivity contribution in [2.75, 3.05) is 49.1 Å². The van der Waals surface area contributed by atoms with Gasteiger partial charge in [-0.2, -0.15) is 4.31 Å². The van der Waals surface area contributed by atoms with Crippen molar-refractivity contribution in [3.8, 4) is 28.7 Å². The molecule has 1 fully saturated rings. The van der Waals surface area contributed by atoms with Gasteiger partial charge in [0, 0.05) is 25.7 Å². The minimum absolute atomic E-state index is 0.0563.